The number of carbonyl (C=O) groups is 4. The molecule has 2 heterocycles. The van der Waals surface area contributed by atoms with Crippen LogP contribution in [-0.2, 0) is 47.6 Å². The molecule has 274 valence electrons. The minimum Gasteiger partial charge on any atom is -0.462 e. The van der Waals surface area contributed by atoms with Crippen molar-refractivity contribution in [2.45, 2.75) is 124 Å². The van der Waals surface area contributed by atoms with E-state index in [9.17, 15) is 19.2 Å². The van der Waals surface area contributed by atoms with Crippen LogP contribution in [0.5, 0.6) is 0 Å². The maximum absolute atomic E-state index is 13.1. The SMILES string of the molecule is CC[C@@H]1OC(=O)C[C@](C/C=C/C=C(\C)C2OC(=O)CC/C=C(\C)C(C)[C@H](OCOC)C(C)C(OC(C)=O)/C=C\C=C/[C@@H]2C)(OC(C)=O)C1C. The zero-order valence-corrected chi connectivity index (χ0v) is 31.1. The topological polar surface area (TPSA) is 124 Å². The van der Waals surface area contributed by atoms with Crippen LogP contribution in [0, 0.1) is 23.7 Å². The second-order valence-electron chi connectivity index (χ2n) is 13.4. The first-order chi connectivity index (χ1) is 23.1. The molecule has 0 spiro atoms. The van der Waals surface area contributed by atoms with Gasteiger partial charge in [-0.1, -0.05) is 82.7 Å². The van der Waals surface area contributed by atoms with E-state index in [0.29, 0.717) is 19.3 Å². The number of rotatable bonds is 10. The average Bonchev–Trinajstić information content (AvgIpc) is 3.03. The van der Waals surface area contributed by atoms with E-state index in [-0.39, 0.29) is 73.4 Å². The summed E-state index contributed by atoms with van der Waals surface area (Å²) in [6, 6.07) is 0. The minimum atomic E-state index is -1.00. The molecule has 0 amide bonds. The van der Waals surface area contributed by atoms with E-state index in [2.05, 4.69) is 6.92 Å². The van der Waals surface area contributed by atoms with Crippen LogP contribution in [0.4, 0.5) is 0 Å². The van der Waals surface area contributed by atoms with Gasteiger partial charge in [-0.25, -0.2) is 0 Å². The smallest absolute Gasteiger partial charge is 0.310 e. The number of carbonyl (C=O) groups excluding carboxylic acids is 4. The van der Waals surface area contributed by atoms with E-state index in [0.717, 1.165) is 11.1 Å². The van der Waals surface area contributed by atoms with Crippen LogP contribution in [0.3, 0.4) is 0 Å². The molecule has 0 aliphatic carbocycles. The number of esters is 4. The summed E-state index contributed by atoms with van der Waals surface area (Å²) in [7, 11) is 1.56. The van der Waals surface area contributed by atoms with Crippen molar-refractivity contribution < 1.29 is 47.6 Å². The highest BCUT2D eigenvalue weighted by molar-refractivity contribution is 5.74. The van der Waals surface area contributed by atoms with E-state index >= 15 is 0 Å². The Morgan fingerprint density at radius 1 is 1.00 bits per heavy atom. The Bertz CT molecular complexity index is 1270. The number of hydrogen-bond acceptors (Lipinski definition) is 10. The molecule has 0 saturated carbocycles. The molecule has 2 rings (SSSR count). The van der Waals surface area contributed by atoms with E-state index in [1.807, 2.05) is 90.2 Å². The summed E-state index contributed by atoms with van der Waals surface area (Å²) >= 11 is 0. The lowest BCUT2D eigenvalue weighted by Gasteiger charge is -2.44. The molecule has 0 aromatic heterocycles. The average molecular weight is 687 g/mol. The third-order valence-corrected chi connectivity index (χ3v) is 9.58. The highest BCUT2D eigenvalue weighted by Gasteiger charge is 2.49. The highest BCUT2D eigenvalue weighted by Crippen LogP contribution is 2.39. The zero-order valence-electron chi connectivity index (χ0n) is 31.1. The fourth-order valence-electron chi connectivity index (χ4n) is 6.58. The Hall–Kier alpha value is -3.50. The predicted molar refractivity (Wildman–Crippen MR) is 187 cm³/mol. The fourth-order valence-corrected chi connectivity index (χ4v) is 6.58. The Kier molecular flexibility index (Phi) is 17.2. The maximum atomic E-state index is 13.1. The van der Waals surface area contributed by atoms with Gasteiger partial charge in [-0.3, -0.25) is 19.2 Å². The van der Waals surface area contributed by atoms with Crippen molar-refractivity contribution in [1.82, 2.24) is 0 Å². The molecule has 2 aliphatic heterocycles. The van der Waals surface area contributed by atoms with Crippen molar-refractivity contribution in [3.8, 4) is 0 Å². The molecule has 0 N–H and O–H groups in total. The van der Waals surface area contributed by atoms with Gasteiger partial charge in [0.05, 0.1) is 12.5 Å². The summed E-state index contributed by atoms with van der Waals surface area (Å²) in [5.74, 6) is -2.16. The van der Waals surface area contributed by atoms with Gasteiger partial charge in [-0.2, -0.15) is 0 Å². The van der Waals surface area contributed by atoms with Crippen LogP contribution in [0.1, 0.15) is 94.4 Å². The van der Waals surface area contributed by atoms with Gasteiger partial charge in [-0.15, -0.1) is 0 Å². The van der Waals surface area contributed by atoms with Crippen molar-refractivity contribution in [1.29, 1.82) is 0 Å². The van der Waals surface area contributed by atoms with Crippen LogP contribution in [0.25, 0.3) is 0 Å². The Labute approximate surface area is 292 Å². The zero-order chi connectivity index (χ0) is 36.7. The standard InChI is InChI=1S/C39H58O10/c1-11-33-30(7)39(49-32(9)41,23-36(43)47-33)22-15-14-18-27(4)37-26(3)17-12-13-20-34(46-31(8)40)29(6)38(45-24-44-10)28(5)25(2)19-16-21-35(42)48-37/h12-15,17-20,26,28-30,33-34,37-38H,11,16,21-24H2,1-10H3/b15-14+,17-12-,20-13-,25-19+,27-18+/t26-,28?,29?,30?,33-,34?,37?,38-,39-/m0/s1. The first-order valence-corrected chi connectivity index (χ1v) is 17.4. The molecule has 1 saturated heterocycles. The first-order valence-electron chi connectivity index (χ1n) is 17.4. The van der Waals surface area contributed by atoms with Gasteiger partial charge in [0, 0.05) is 57.5 Å². The molecule has 10 nitrogen and oxygen atoms in total. The van der Waals surface area contributed by atoms with E-state index in [1.165, 1.54) is 13.8 Å². The van der Waals surface area contributed by atoms with Gasteiger partial charge in [0.25, 0.3) is 0 Å². The minimum absolute atomic E-state index is 0.0164. The lowest BCUT2D eigenvalue weighted by atomic mass is 9.76. The summed E-state index contributed by atoms with van der Waals surface area (Å²) in [4.78, 5) is 49.7. The van der Waals surface area contributed by atoms with Gasteiger partial charge < -0.3 is 28.4 Å². The van der Waals surface area contributed by atoms with Crippen molar-refractivity contribution in [2.24, 2.45) is 23.7 Å². The molecule has 1 fully saturated rings. The highest BCUT2D eigenvalue weighted by atomic mass is 16.7. The maximum Gasteiger partial charge on any atom is 0.310 e. The molecule has 0 radical (unpaired) electrons. The van der Waals surface area contributed by atoms with Crippen molar-refractivity contribution in [3.63, 3.8) is 0 Å². The molecule has 9 atom stereocenters. The number of hydrogen-bond donors (Lipinski definition) is 0. The number of allylic oxidation sites excluding steroid dienone is 5. The molecule has 2 aliphatic rings. The third kappa shape index (κ3) is 12.7. The summed E-state index contributed by atoms with van der Waals surface area (Å²) in [5, 5.41) is 0. The third-order valence-electron chi connectivity index (χ3n) is 9.58. The van der Waals surface area contributed by atoms with Crippen LogP contribution in [0.15, 0.2) is 59.8 Å². The number of ether oxygens (including phenoxy) is 6. The van der Waals surface area contributed by atoms with Crippen molar-refractivity contribution in [2.75, 3.05) is 13.9 Å². The van der Waals surface area contributed by atoms with Crippen LogP contribution < -0.4 is 0 Å². The molecule has 5 unspecified atom stereocenters. The summed E-state index contributed by atoms with van der Waals surface area (Å²) in [6.07, 6.45) is 15.0. The van der Waals surface area contributed by atoms with Gasteiger partial charge in [0.15, 0.2) is 0 Å². The van der Waals surface area contributed by atoms with E-state index in [1.54, 1.807) is 7.11 Å². The quantitative estimate of drug-likeness (QED) is 0.0771. The van der Waals surface area contributed by atoms with E-state index < -0.39 is 23.8 Å². The first kappa shape index (κ1) is 41.7. The Morgan fingerprint density at radius 2 is 1.69 bits per heavy atom. The Balaban J connectivity index is 2.39. The molecule has 0 aromatic carbocycles. The largest absolute Gasteiger partial charge is 0.462 e. The summed E-state index contributed by atoms with van der Waals surface area (Å²) in [5.41, 5.74) is 0.861. The van der Waals surface area contributed by atoms with Crippen molar-refractivity contribution in [3.05, 3.63) is 59.8 Å². The molecule has 0 bridgehead atoms. The number of cyclic esters (lactones) is 2. The molecule has 0 aromatic rings. The van der Waals surface area contributed by atoms with Crippen LogP contribution >= 0.6 is 0 Å². The van der Waals surface area contributed by atoms with Gasteiger partial charge in [0.1, 0.15) is 30.7 Å². The van der Waals surface area contributed by atoms with Gasteiger partial charge in [-0.05, 0) is 38.3 Å². The molecular formula is C39H58O10. The summed E-state index contributed by atoms with van der Waals surface area (Å²) < 4.78 is 34.3. The normalized spacial score (nSPS) is 34.7. The predicted octanol–water partition coefficient (Wildman–Crippen LogP) is 7.14. The lowest BCUT2D eigenvalue weighted by Crippen LogP contribution is -2.52. The molecule has 10 heteroatoms. The monoisotopic (exact) mass is 686 g/mol. The van der Waals surface area contributed by atoms with Crippen LogP contribution in [0.2, 0.25) is 0 Å². The van der Waals surface area contributed by atoms with Gasteiger partial charge in [0.2, 0.25) is 0 Å². The van der Waals surface area contributed by atoms with Crippen molar-refractivity contribution >= 4 is 23.9 Å². The second-order valence-corrected chi connectivity index (χ2v) is 13.4. The Morgan fingerprint density at radius 3 is 2.33 bits per heavy atom. The second kappa shape index (κ2) is 20.2. The summed E-state index contributed by atoms with van der Waals surface area (Å²) in [6.45, 7) is 16.6. The number of methoxy groups -OCH3 is 1. The molecule has 49 heavy (non-hydrogen) atoms. The van der Waals surface area contributed by atoms with Gasteiger partial charge >= 0.3 is 23.9 Å². The fraction of sp³-hybridized carbons (Fsp3) is 0.641. The van der Waals surface area contributed by atoms with Crippen LogP contribution in [-0.4, -0.2) is 67.8 Å². The lowest BCUT2D eigenvalue weighted by molar-refractivity contribution is -0.197. The van der Waals surface area contributed by atoms with E-state index in [4.69, 9.17) is 28.4 Å². The molecular weight excluding hydrogens is 628 g/mol.